The van der Waals surface area contributed by atoms with Crippen LogP contribution in [-0.4, -0.2) is 79.5 Å². The van der Waals surface area contributed by atoms with E-state index in [0.29, 0.717) is 25.9 Å². The highest BCUT2D eigenvalue weighted by molar-refractivity contribution is 5.78. The van der Waals surface area contributed by atoms with Gasteiger partial charge in [-0.25, -0.2) is 0 Å². The second-order valence-electron chi connectivity index (χ2n) is 12.1. The molecular formula is C40H61N5O2. The Morgan fingerprint density at radius 3 is 2.00 bits per heavy atom. The number of likely N-dealkylation sites (N-methyl/N-ethyl adjacent to an activating group) is 1. The van der Waals surface area contributed by atoms with Crippen LogP contribution in [0.1, 0.15) is 88.8 Å². The maximum absolute atomic E-state index is 12.2. The molecule has 2 amide bonds. The van der Waals surface area contributed by atoms with Crippen LogP contribution in [0.5, 0.6) is 0 Å². The number of aromatic nitrogens is 1. The summed E-state index contributed by atoms with van der Waals surface area (Å²) in [6.45, 7) is 8.33. The molecule has 0 saturated carbocycles. The number of likely N-dealkylation sites (tertiary alicyclic amines) is 1. The standard InChI is InChI=1S/C40H61N5O2/c1-3-4-5-6-7-8-9-10-11-12-13-14-15-16-17-18-19-24-39(46)41-29-34-44(2)35-30-42-40(47)25-22-23-37-26-27-38(43-36-37)28-33-45-31-20-21-32-45/h4-5,7-8,10-11,13-14,16-17,22-23,26-27,36H,3,6,9,12,15,18-21,24-25,28-35H2,1-2H3,(H,41,46)(H,42,47). The molecule has 1 saturated heterocycles. The van der Waals surface area contributed by atoms with Crippen molar-refractivity contribution in [3.8, 4) is 0 Å². The van der Waals surface area contributed by atoms with Gasteiger partial charge in [-0.15, -0.1) is 0 Å². The molecule has 0 radical (unpaired) electrons. The molecular weight excluding hydrogens is 582 g/mol. The van der Waals surface area contributed by atoms with E-state index < -0.39 is 0 Å². The van der Waals surface area contributed by atoms with Crippen molar-refractivity contribution in [3.63, 3.8) is 0 Å². The lowest BCUT2D eigenvalue weighted by molar-refractivity contribution is -0.121. The van der Waals surface area contributed by atoms with Gasteiger partial charge in [0.2, 0.25) is 11.8 Å². The second-order valence-corrected chi connectivity index (χ2v) is 12.1. The highest BCUT2D eigenvalue weighted by atomic mass is 16.2. The van der Waals surface area contributed by atoms with Gasteiger partial charge in [-0.1, -0.05) is 85.9 Å². The Hall–Kier alpha value is -3.55. The van der Waals surface area contributed by atoms with Gasteiger partial charge in [0.15, 0.2) is 0 Å². The second kappa shape index (κ2) is 27.6. The maximum Gasteiger partial charge on any atom is 0.223 e. The SMILES string of the molecule is CCC=CCC=CCC=CCC=CCC=CCCCC(=O)NCCN(C)CCNC(=O)CC=Cc1ccc(CCN2CCCC2)nc1. The van der Waals surface area contributed by atoms with Gasteiger partial charge < -0.3 is 20.4 Å². The molecule has 0 unspecified atom stereocenters. The van der Waals surface area contributed by atoms with E-state index in [0.717, 1.165) is 82.3 Å². The number of carbonyl (C=O) groups excluding carboxylic acids is 2. The Balaban J connectivity index is 1.40. The van der Waals surface area contributed by atoms with Crippen LogP contribution >= 0.6 is 0 Å². The average molecular weight is 644 g/mol. The molecule has 2 rings (SSSR count). The quantitative estimate of drug-likeness (QED) is 0.0870. The fourth-order valence-electron chi connectivity index (χ4n) is 5.06. The van der Waals surface area contributed by atoms with E-state index in [4.69, 9.17) is 0 Å². The Bertz CT molecular complexity index is 1140. The number of hydrogen-bond donors (Lipinski definition) is 2. The number of amides is 2. The maximum atomic E-state index is 12.2. The van der Waals surface area contributed by atoms with Crippen LogP contribution in [0.3, 0.4) is 0 Å². The van der Waals surface area contributed by atoms with Gasteiger partial charge in [0.25, 0.3) is 0 Å². The number of hydrogen-bond acceptors (Lipinski definition) is 5. The van der Waals surface area contributed by atoms with Gasteiger partial charge in [0, 0.05) is 63.9 Å². The largest absolute Gasteiger partial charge is 0.355 e. The van der Waals surface area contributed by atoms with Crippen LogP contribution in [0.4, 0.5) is 0 Å². The van der Waals surface area contributed by atoms with Crippen molar-refractivity contribution in [2.75, 3.05) is 52.9 Å². The summed E-state index contributed by atoms with van der Waals surface area (Å²) in [6.07, 6.45) is 38.9. The van der Waals surface area contributed by atoms with Crippen LogP contribution in [0.15, 0.2) is 85.2 Å². The van der Waals surface area contributed by atoms with Crippen molar-refractivity contribution in [1.29, 1.82) is 0 Å². The molecule has 2 heterocycles. The molecule has 0 spiro atoms. The lowest BCUT2D eigenvalue weighted by Crippen LogP contribution is -2.37. The molecule has 7 heteroatoms. The zero-order valence-corrected chi connectivity index (χ0v) is 29.3. The highest BCUT2D eigenvalue weighted by Gasteiger charge is 2.11. The van der Waals surface area contributed by atoms with E-state index in [1.165, 1.54) is 25.9 Å². The first kappa shape index (κ1) is 39.6. The Kier molecular flexibility index (Phi) is 23.2. The van der Waals surface area contributed by atoms with Gasteiger partial charge in [0.1, 0.15) is 0 Å². The topological polar surface area (TPSA) is 77.6 Å². The average Bonchev–Trinajstić information content (AvgIpc) is 3.60. The summed E-state index contributed by atoms with van der Waals surface area (Å²) in [7, 11) is 2.00. The molecule has 2 N–H and O–H groups in total. The van der Waals surface area contributed by atoms with Gasteiger partial charge in [-0.05, 0) is 89.6 Å². The molecule has 258 valence electrons. The summed E-state index contributed by atoms with van der Waals surface area (Å²) >= 11 is 0. The Morgan fingerprint density at radius 2 is 1.40 bits per heavy atom. The van der Waals surface area contributed by atoms with Crippen molar-refractivity contribution < 1.29 is 9.59 Å². The van der Waals surface area contributed by atoms with Crippen LogP contribution < -0.4 is 10.6 Å². The van der Waals surface area contributed by atoms with E-state index in [1.807, 2.05) is 25.4 Å². The van der Waals surface area contributed by atoms with Crippen molar-refractivity contribution in [2.45, 2.75) is 84.0 Å². The summed E-state index contributed by atoms with van der Waals surface area (Å²) in [5.74, 6) is 0.100. The van der Waals surface area contributed by atoms with Crippen LogP contribution in [-0.2, 0) is 16.0 Å². The molecule has 1 aliphatic rings. The van der Waals surface area contributed by atoms with Gasteiger partial charge in [0.05, 0.1) is 0 Å². The molecule has 1 aromatic heterocycles. The fraction of sp³-hybridized carbons (Fsp3) is 0.525. The predicted octanol–water partition coefficient (Wildman–Crippen LogP) is 7.21. The third-order valence-corrected chi connectivity index (χ3v) is 7.91. The summed E-state index contributed by atoms with van der Waals surface area (Å²) in [6, 6.07) is 4.16. The number of carbonyl (C=O) groups is 2. The number of pyridine rings is 1. The molecule has 1 fully saturated rings. The predicted molar refractivity (Wildman–Crippen MR) is 199 cm³/mol. The molecule has 0 aliphatic carbocycles. The number of unbranched alkanes of at least 4 members (excludes halogenated alkanes) is 1. The van der Waals surface area contributed by atoms with Gasteiger partial charge in [-0.3, -0.25) is 14.6 Å². The smallest absolute Gasteiger partial charge is 0.223 e. The summed E-state index contributed by atoms with van der Waals surface area (Å²) in [4.78, 5) is 33.5. The van der Waals surface area contributed by atoms with E-state index in [1.54, 1.807) is 0 Å². The molecule has 0 aromatic carbocycles. The molecule has 0 bridgehead atoms. The minimum absolute atomic E-state index is 0.00524. The van der Waals surface area contributed by atoms with E-state index >= 15 is 0 Å². The van der Waals surface area contributed by atoms with Gasteiger partial charge in [-0.2, -0.15) is 0 Å². The first-order valence-electron chi connectivity index (χ1n) is 17.9. The fourth-order valence-corrected chi connectivity index (χ4v) is 5.06. The minimum atomic E-state index is 0.00524. The third-order valence-electron chi connectivity index (χ3n) is 7.91. The van der Waals surface area contributed by atoms with Crippen LogP contribution in [0.2, 0.25) is 0 Å². The monoisotopic (exact) mass is 643 g/mol. The molecule has 7 nitrogen and oxygen atoms in total. The summed E-state index contributed by atoms with van der Waals surface area (Å²) in [5, 5.41) is 5.97. The molecule has 1 aromatic rings. The van der Waals surface area contributed by atoms with Crippen LogP contribution in [0.25, 0.3) is 6.08 Å². The van der Waals surface area contributed by atoms with E-state index in [9.17, 15) is 9.59 Å². The lowest BCUT2D eigenvalue weighted by Gasteiger charge is -2.17. The van der Waals surface area contributed by atoms with Crippen LogP contribution in [0, 0.1) is 0 Å². The zero-order valence-electron chi connectivity index (χ0n) is 29.3. The van der Waals surface area contributed by atoms with E-state index in [-0.39, 0.29) is 11.8 Å². The summed E-state index contributed by atoms with van der Waals surface area (Å²) in [5.41, 5.74) is 2.13. The lowest BCUT2D eigenvalue weighted by atomic mass is 10.2. The summed E-state index contributed by atoms with van der Waals surface area (Å²) < 4.78 is 0. The number of rotatable bonds is 25. The number of nitrogens with zero attached hydrogens (tertiary/aromatic N) is 3. The minimum Gasteiger partial charge on any atom is -0.355 e. The van der Waals surface area contributed by atoms with Crippen molar-refractivity contribution >= 4 is 17.9 Å². The van der Waals surface area contributed by atoms with Gasteiger partial charge >= 0.3 is 0 Å². The van der Waals surface area contributed by atoms with Crippen molar-refractivity contribution in [2.24, 2.45) is 0 Å². The zero-order chi connectivity index (χ0) is 33.6. The first-order chi connectivity index (χ1) is 23.1. The third kappa shape index (κ3) is 22.6. The Morgan fingerprint density at radius 1 is 0.809 bits per heavy atom. The number of nitrogens with one attached hydrogen (secondary N) is 2. The van der Waals surface area contributed by atoms with Crippen molar-refractivity contribution in [3.05, 3.63) is 96.4 Å². The molecule has 1 aliphatic heterocycles. The normalized spacial score (nSPS) is 14.4. The van der Waals surface area contributed by atoms with Crippen molar-refractivity contribution in [1.82, 2.24) is 25.4 Å². The molecule has 47 heavy (non-hydrogen) atoms. The first-order valence-corrected chi connectivity index (χ1v) is 17.9. The number of allylic oxidation sites excluding steroid dienone is 10. The highest BCUT2D eigenvalue weighted by Crippen LogP contribution is 2.09. The Labute approximate surface area is 285 Å². The molecule has 0 atom stereocenters. The van der Waals surface area contributed by atoms with E-state index in [2.05, 4.69) is 105 Å².